The highest BCUT2D eigenvalue weighted by atomic mass is 32.2. The van der Waals surface area contributed by atoms with Crippen molar-refractivity contribution in [1.29, 1.82) is 0 Å². The first-order valence-corrected chi connectivity index (χ1v) is 9.89. The third kappa shape index (κ3) is 5.16. The van der Waals surface area contributed by atoms with Gasteiger partial charge in [0.05, 0.1) is 11.3 Å². The summed E-state index contributed by atoms with van der Waals surface area (Å²) in [5.74, 6) is -1.08. The largest absolute Gasteiger partial charge is 0.481 e. The second kappa shape index (κ2) is 7.00. The Bertz CT molecular complexity index is 806. The average molecular weight is 365 g/mol. The number of aliphatic carboxylic acids is 1. The van der Waals surface area contributed by atoms with E-state index in [0.717, 1.165) is 12.0 Å². The van der Waals surface area contributed by atoms with Gasteiger partial charge in [0.15, 0.2) is 15.6 Å². The Balaban J connectivity index is 2.21. The summed E-state index contributed by atoms with van der Waals surface area (Å²) in [5.41, 5.74) is 1.20. The van der Waals surface area contributed by atoms with E-state index in [9.17, 15) is 18.0 Å². The van der Waals surface area contributed by atoms with Crippen molar-refractivity contribution in [1.82, 2.24) is 4.90 Å². The molecule has 1 aliphatic heterocycles. The van der Waals surface area contributed by atoms with E-state index in [0.29, 0.717) is 25.1 Å². The average Bonchev–Trinajstić information content (AvgIpc) is 2.78. The summed E-state index contributed by atoms with van der Waals surface area (Å²) in [6.45, 7) is 5.22. The maximum atomic E-state index is 12.5. The molecule has 0 amide bonds. The van der Waals surface area contributed by atoms with Crippen molar-refractivity contribution in [3.8, 4) is 0 Å². The van der Waals surface area contributed by atoms with Crippen LogP contribution >= 0.6 is 0 Å². The molecule has 1 heterocycles. The van der Waals surface area contributed by atoms with Gasteiger partial charge in [0, 0.05) is 36.7 Å². The van der Waals surface area contributed by atoms with Crippen LogP contribution in [0.1, 0.15) is 37.0 Å². The van der Waals surface area contributed by atoms with Crippen LogP contribution in [0.4, 0.5) is 0 Å². The van der Waals surface area contributed by atoms with Crippen LogP contribution in [-0.4, -0.2) is 49.5 Å². The molecule has 0 atom stereocenters. The van der Waals surface area contributed by atoms with Crippen molar-refractivity contribution in [2.45, 2.75) is 31.6 Å². The fraction of sp³-hybridized carbons (Fsp3) is 0.444. The molecule has 1 fully saturated rings. The first-order chi connectivity index (χ1) is 11.5. The van der Waals surface area contributed by atoms with Gasteiger partial charge in [0.2, 0.25) is 0 Å². The van der Waals surface area contributed by atoms with Crippen LogP contribution in [0.3, 0.4) is 0 Å². The topological polar surface area (TPSA) is 91.8 Å². The van der Waals surface area contributed by atoms with E-state index in [-0.39, 0.29) is 22.5 Å². The summed E-state index contributed by atoms with van der Waals surface area (Å²) in [6.07, 6.45) is 3.36. The predicted molar refractivity (Wildman–Crippen MR) is 94.2 cm³/mol. The third-order valence-electron chi connectivity index (χ3n) is 4.15. The SMILES string of the molecule is CC1(C)C/C(=C/C(=O)c2ccc(S(C)(=O)=O)cc2)N(CCC(=O)O)C1. The maximum absolute atomic E-state index is 12.5. The molecule has 7 heteroatoms. The maximum Gasteiger partial charge on any atom is 0.305 e. The highest BCUT2D eigenvalue weighted by Crippen LogP contribution is 2.36. The van der Waals surface area contributed by atoms with Crippen LogP contribution in [0, 0.1) is 5.41 Å². The van der Waals surface area contributed by atoms with E-state index < -0.39 is 15.8 Å². The molecule has 0 aromatic heterocycles. The number of carboxylic acid groups (broad SMARTS) is 1. The van der Waals surface area contributed by atoms with Crippen molar-refractivity contribution in [3.63, 3.8) is 0 Å². The molecule has 1 saturated heterocycles. The van der Waals surface area contributed by atoms with Crippen LogP contribution in [0.15, 0.2) is 40.9 Å². The van der Waals surface area contributed by atoms with Gasteiger partial charge in [0.1, 0.15) is 0 Å². The monoisotopic (exact) mass is 365 g/mol. The summed E-state index contributed by atoms with van der Waals surface area (Å²) in [7, 11) is -3.30. The molecule has 1 aliphatic rings. The van der Waals surface area contributed by atoms with Crippen LogP contribution in [0.2, 0.25) is 0 Å². The van der Waals surface area contributed by atoms with Crippen molar-refractivity contribution < 1.29 is 23.1 Å². The van der Waals surface area contributed by atoms with E-state index in [1.54, 1.807) is 0 Å². The smallest absolute Gasteiger partial charge is 0.305 e. The number of hydrogen-bond donors (Lipinski definition) is 1. The van der Waals surface area contributed by atoms with E-state index in [2.05, 4.69) is 13.8 Å². The van der Waals surface area contributed by atoms with Gasteiger partial charge in [-0.2, -0.15) is 0 Å². The second-order valence-electron chi connectivity index (χ2n) is 7.20. The zero-order valence-corrected chi connectivity index (χ0v) is 15.5. The summed E-state index contributed by atoms with van der Waals surface area (Å²) in [6, 6.07) is 5.83. The molecule has 0 saturated carbocycles. The Kier molecular flexibility index (Phi) is 5.37. The summed E-state index contributed by atoms with van der Waals surface area (Å²) in [5, 5.41) is 8.88. The standard InChI is InChI=1S/C18H23NO5S/c1-18(2)11-14(19(12-18)9-8-17(21)22)10-16(20)13-4-6-15(7-5-13)25(3,23)24/h4-7,10H,8-9,11-12H2,1-3H3,(H,21,22)/b14-10-. The molecule has 0 bridgehead atoms. The number of benzene rings is 1. The number of likely N-dealkylation sites (tertiary alicyclic amines) is 1. The number of ketones is 1. The van der Waals surface area contributed by atoms with E-state index >= 15 is 0 Å². The molecule has 136 valence electrons. The van der Waals surface area contributed by atoms with Crippen LogP contribution in [0.25, 0.3) is 0 Å². The van der Waals surface area contributed by atoms with Crippen molar-refractivity contribution in [3.05, 3.63) is 41.6 Å². The minimum Gasteiger partial charge on any atom is -0.481 e. The molecule has 2 rings (SSSR count). The van der Waals surface area contributed by atoms with Gasteiger partial charge in [-0.15, -0.1) is 0 Å². The number of sulfone groups is 1. The molecule has 0 radical (unpaired) electrons. The third-order valence-corrected chi connectivity index (χ3v) is 5.27. The fourth-order valence-electron chi connectivity index (χ4n) is 2.97. The number of rotatable bonds is 6. The van der Waals surface area contributed by atoms with E-state index in [4.69, 9.17) is 5.11 Å². The Morgan fingerprint density at radius 1 is 1.24 bits per heavy atom. The van der Waals surface area contributed by atoms with Crippen LogP contribution < -0.4 is 0 Å². The Labute approximate surface area is 148 Å². The first kappa shape index (κ1) is 19.2. The minimum atomic E-state index is -3.30. The van der Waals surface area contributed by atoms with Crippen LogP contribution in [-0.2, 0) is 14.6 Å². The van der Waals surface area contributed by atoms with Crippen molar-refractivity contribution in [2.75, 3.05) is 19.3 Å². The molecule has 1 aromatic carbocycles. The Morgan fingerprint density at radius 3 is 2.36 bits per heavy atom. The number of hydrogen-bond acceptors (Lipinski definition) is 5. The molecule has 1 aromatic rings. The van der Waals surface area contributed by atoms with E-state index in [1.807, 2.05) is 4.90 Å². The van der Waals surface area contributed by atoms with Gasteiger partial charge in [0.25, 0.3) is 0 Å². The Morgan fingerprint density at radius 2 is 1.84 bits per heavy atom. The zero-order chi connectivity index (χ0) is 18.8. The second-order valence-corrected chi connectivity index (χ2v) is 9.22. The molecular weight excluding hydrogens is 342 g/mol. The summed E-state index contributed by atoms with van der Waals surface area (Å²) < 4.78 is 23.0. The Hall–Kier alpha value is -2.15. The highest BCUT2D eigenvalue weighted by Gasteiger charge is 2.33. The molecule has 1 N–H and O–H groups in total. The minimum absolute atomic E-state index is 0.0185. The van der Waals surface area contributed by atoms with Crippen molar-refractivity contribution in [2.24, 2.45) is 5.41 Å². The highest BCUT2D eigenvalue weighted by molar-refractivity contribution is 7.90. The summed E-state index contributed by atoms with van der Waals surface area (Å²) >= 11 is 0. The summed E-state index contributed by atoms with van der Waals surface area (Å²) in [4.78, 5) is 25.4. The van der Waals surface area contributed by atoms with Crippen LogP contribution in [0.5, 0.6) is 0 Å². The number of carbonyl (C=O) groups excluding carboxylic acids is 1. The first-order valence-electron chi connectivity index (χ1n) is 8.00. The van der Waals surface area contributed by atoms with Gasteiger partial charge in [-0.05, 0) is 36.1 Å². The number of carboxylic acids is 1. The molecule has 0 spiro atoms. The van der Waals surface area contributed by atoms with Gasteiger partial charge < -0.3 is 10.0 Å². The molecule has 25 heavy (non-hydrogen) atoms. The number of carbonyl (C=O) groups is 2. The lowest BCUT2D eigenvalue weighted by molar-refractivity contribution is -0.137. The van der Waals surface area contributed by atoms with Gasteiger partial charge >= 0.3 is 5.97 Å². The lowest BCUT2D eigenvalue weighted by atomic mass is 9.92. The lowest BCUT2D eigenvalue weighted by Gasteiger charge is -2.21. The fourth-order valence-corrected chi connectivity index (χ4v) is 3.60. The van der Waals surface area contributed by atoms with E-state index in [1.165, 1.54) is 30.3 Å². The molecule has 0 unspecified atom stereocenters. The predicted octanol–water partition coefficient (Wildman–Crippen LogP) is 2.36. The molecule has 6 nitrogen and oxygen atoms in total. The number of allylic oxidation sites excluding steroid dienone is 2. The number of nitrogens with zero attached hydrogens (tertiary/aromatic N) is 1. The zero-order valence-electron chi connectivity index (χ0n) is 14.7. The quantitative estimate of drug-likeness (QED) is 0.615. The molecule has 0 aliphatic carbocycles. The van der Waals surface area contributed by atoms with Crippen molar-refractivity contribution >= 4 is 21.6 Å². The molecular formula is C18H23NO5S. The van der Waals surface area contributed by atoms with Gasteiger partial charge in [-0.25, -0.2) is 8.42 Å². The van der Waals surface area contributed by atoms with Gasteiger partial charge in [-0.3, -0.25) is 9.59 Å². The lowest BCUT2D eigenvalue weighted by Crippen LogP contribution is -2.25. The van der Waals surface area contributed by atoms with Gasteiger partial charge in [-0.1, -0.05) is 13.8 Å². The normalized spacial score (nSPS) is 18.5.